The monoisotopic (exact) mass is 423 g/mol. The number of ether oxygens (including phenoxy) is 1. The van der Waals surface area contributed by atoms with Crippen LogP contribution in [0.5, 0.6) is 0 Å². The Balaban J connectivity index is 1.41. The number of anilines is 1. The molecule has 162 valence electrons. The summed E-state index contributed by atoms with van der Waals surface area (Å²) in [4.78, 5) is 32.5. The molecule has 0 saturated carbocycles. The number of hydrogen-bond donors (Lipinski definition) is 1. The van der Waals surface area contributed by atoms with Crippen molar-refractivity contribution in [1.82, 2.24) is 15.0 Å². The number of aliphatic imine (C=N–C) groups is 1. The predicted molar refractivity (Wildman–Crippen MR) is 114 cm³/mol. The van der Waals surface area contributed by atoms with E-state index in [0.717, 1.165) is 11.3 Å². The molecule has 2 aromatic rings. The topological polar surface area (TPSA) is 100 Å². The van der Waals surface area contributed by atoms with E-state index in [9.17, 15) is 9.59 Å². The smallest absolute Gasteiger partial charge is 0.348 e. The highest BCUT2D eigenvalue weighted by Gasteiger charge is 2.32. The molecule has 1 aromatic heterocycles. The Morgan fingerprint density at radius 3 is 2.58 bits per heavy atom. The quantitative estimate of drug-likeness (QED) is 0.790. The number of carbonyl (C=O) groups is 2. The molecule has 2 aliphatic rings. The number of aromatic nitrogens is 1. The molecule has 9 heteroatoms. The van der Waals surface area contributed by atoms with Gasteiger partial charge in [-0.05, 0) is 37.5 Å². The Morgan fingerprint density at radius 1 is 1.19 bits per heavy atom. The van der Waals surface area contributed by atoms with Gasteiger partial charge < -0.3 is 19.5 Å². The van der Waals surface area contributed by atoms with Gasteiger partial charge in [0.25, 0.3) is 5.91 Å². The first-order chi connectivity index (χ1) is 14.8. The Bertz CT molecular complexity index is 1050. The van der Waals surface area contributed by atoms with Crippen LogP contribution in [0.2, 0.25) is 0 Å². The number of nitrogens with one attached hydrogen (secondary N) is 1. The fourth-order valence-electron chi connectivity index (χ4n) is 3.42. The van der Waals surface area contributed by atoms with E-state index in [2.05, 4.69) is 29.3 Å². The summed E-state index contributed by atoms with van der Waals surface area (Å²) in [6.07, 6.45) is 1.57. The maximum atomic E-state index is 12.6. The van der Waals surface area contributed by atoms with Gasteiger partial charge in [0.2, 0.25) is 5.76 Å². The van der Waals surface area contributed by atoms with Gasteiger partial charge in [-0.25, -0.2) is 4.79 Å². The summed E-state index contributed by atoms with van der Waals surface area (Å²) in [5, 5.41) is 6.74. The van der Waals surface area contributed by atoms with Crippen molar-refractivity contribution >= 4 is 23.6 Å². The number of rotatable bonds is 5. The van der Waals surface area contributed by atoms with Crippen LogP contribution in [0.1, 0.15) is 42.3 Å². The number of aryl methyl sites for hydroxylation is 2. The summed E-state index contributed by atoms with van der Waals surface area (Å²) in [6.45, 7) is 9.10. The minimum atomic E-state index is -0.433. The van der Waals surface area contributed by atoms with Gasteiger partial charge >= 0.3 is 12.1 Å². The van der Waals surface area contributed by atoms with Gasteiger partial charge in [-0.3, -0.25) is 9.69 Å². The fraction of sp³-hybridized carbons (Fsp3) is 0.364. The molecule has 2 aliphatic heterocycles. The molecule has 1 N–H and O–H groups in total. The van der Waals surface area contributed by atoms with Crippen LogP contribution < -0.4 is 5.32 Å². The third-order valence-electron chi connectivity index (χ3n) is 5.38. The van der Waals surface area contributed by atoms with Gasteiger partial charge in [-0.2, -0.15) is 0 Å². The molecule has 0 aliphatic carbocycles. The average Bonchev–Trinajstić information content (AvgIpc) is 3.24. The van der Waals surface area contributed by atoms with Gasteiger partial charge in [0.15, 0.2) is 0 Å². The van der Waals surface area contributed by atoms with Gasteiger partial charge in [0.05, 0.1) is 18.4 Å². The third-order valence-corrected chi connectivity index (χ3v) is 5.38. The summed E-state index contributed by atoms with van der Waals surface area (Å²) in [5.41, 5.74) is 3.48. The molecule has 9 nitrogen and oxygen atoms in total. The van der Waals surface area contributed by atoms with Gasteiger partial charge in [-0.1, -0.05) is 31.1 Å². The van der Waals surface area contributed by atoms with E-state index in [1.807, 2.05) is 38.1 Å². The Labute approximate surface area is 180 Å². The zero-order valence-corrected chi connectivity index (χ0v) is 18.0. The summed E-state index contributed by atoms with van der Waals surface area (Å²) in [7, 11) is 0. The van der Waals surface area contributed by atoms with Gasteiger partial charge in [-0.15, -0.1) is 4.99 Å². The number of fused-ring (bicyclic) bond motifs is 1. The highest BCUT2D eigenvalue weighted by atomic mass is 16.5. The van der Waals surface area contributed by atoms with Gasteiger partial charge in [0, 0.05) is 24.3 Å². The van der Waals surface area contributed by atoms with E-state index in [1.54, 1.807) is 16.0 Å². The molecule has 4 rings (SSSR count). The molecular formula is C22H25N5O4. The highest BCUT2D eigenvalue weighted by Crippen LogP contribution is 2.22. The molecule has 1 aromatic carbocycles. The fourth-order valence-corrected chi connectivity index (χ4v) is 3.42. The summed E-state index contributed by atoms with van der Waals surface area (Å²) >= 11 is 0. The van der Waals surface area contributed by atoms with Gasteiger partial charge in [0.1, 0.15) is 5.76 Å². The van der Waals surface area contributed by atoms with E-state index < -0.39 is 11.9 Å². The van der Waals surface area contributed by atoms with Crippen molar-refractivity contribution in [3.8, 4) is 0 Å². The van der Waals surface area contributed by atoms with Crippen molar-refractivity contribution in [3.05, 3.63) is 58.8 Å². The second kappa shape index (κ2) is 8.25. The molecular weight excluding hydrogens is 398 g/mol. The summed E-state index contributed by atoms with van der Waals surface area (Å²) in [5.74, 6) is 0.796. The molecule has 3 amide bonds. The number of hydrogen-bond acceptors (Lipinski definition) is 6. The second-order valence-corrected chi connectivity index (χ2v) is 7.92. The maximum absolute atomic E-state index is 12.6. The third kappa shape index (κ3) is 4.30. The molecule has 0 atom stereocenters. The van der Waals surface area contributed by atoms with E-state index in [1.165, 1.54) is 5.56 Å². The lowest BCUT2D eigenvalue weighted by Gasteiger charge is -2.19. The Hall–Kier alpha value is -3.62. The molecule has 3 heterocycles. The molecule has 0 unspecified atom stereocenters. The van der Waals surface area contributed by atoms with Crippen LogP contribution in [0, 0.1) is 13.8 Å². The van der Waals surface area contributed by atoms with Crippen molar-refractivity contribution in [2.24, 2.45) is 4.99 Å². The average molecular weight is 423 g/mol. The van der Waals surface area contributed by atoms with Crippen molar-refractivity contribution in [1.29, 1.82) is 0 Å². The lowest BCUT2D eigenvalue weighted by Crippen LogP contribution is -2.32. The highest BCUT2D eigenvalue weighted by molar-refractivity contribution is 6.06. The minimum absolute atomic E-state index is 0.0960. The first kappa shape index (κ1) is 20.6. The van der Waals surface area contributed by atoms with Crippen LogP contribution in [0.3, 0.4) is 0 Å². The maximum Gasteiger partial charge on any atom is 0.348 e. The first-order valence-corrected chi connectivity index (χ1v) is 10.2. The number of amides is 3. The van der Waals surface area contributed by atoms with Crippen LogP contribution >= 0.6 is 0 Å². The Kier molecular flexibility index (Phi) is 5.50. The predicted octanol–water partition coefficient (Wildman–Crippen LogP) is 3.52. The molecule has 0 spiro atoms. The van der Waals surface area contributed by atoms with Crippen LogP contribution in [0.25, 0.3) is 0 Å². The minimum Gasteiger partial charge on any atom is -0.418 e. The van der Waals surface area contributed by atoms with Crippen LogP contribution in [0.4, 0.5) is 10.5 Å². The zero-order valence-electron chi connectivity index (χ0n) is 18.0. The zero-order chi connectivity index (χ0) is 22.1. The Morgan fingerprint density at radius 2 is 1.94 bits per heavy atom. The largest absolute Gasteiger partial charge is 0.418 e. The van der Waals surface area contributed by atoms with Crippen molar-refractivity contribution in [2.45, 2.75) is 40.2 Å². The van der Waals surface area contributed by atoms with E-state index in [-0.39, 0.29) is 11.8 Å². The number of carbonyl (C=O) groups excluding carboxylic acids is 2. The number of nitrogens with zero attached hydrogens (tertiary/aromatic N) is 4. The lowest BCUT2D eigenvalue weighted by molar-refractivity contribution is -0.114. The molecule has 0 radical (unpaired) electrons. The first-order valence-electron chi connectivity index (χ1n) is 10.2. The second-order valence-electron chi connectivity index (χ2n) is 7.92. The number of urea groups is 1. The normalized spacial score (nSPS) is 16.0. The van der Waals surface area contributed by atoms with E-state index in [4.69, 9.17) is 9.26 Å². The summed E-state index contributed by atoms with van der Waals surface area (Å²) < 4.78 is 10.8. The lowest BCUT2D eigenvalue weighted by atomic mass is 10.0. The van der Waals surface area contributed by atoms with Crippen molar-refractivity contribution in [2.75, 3.05) is 18.4 Å². The number of amidine groups is 1. The van der Waals surface area contributed by atoms with Crippen LogP contribution in [-0.4, -0.2) is 46.0 Å². The van der Waals surface area contributed by atoms with Crippen LogP contribution in [-0.2, 0) is 16.1 Å². The molecule has 31 heavy (non-hydrogen) atoms. The van der Waals surface area contributed by atoms with Crippen molar-refractivity contribution < 1.29 is 18.8 Å². The van der Waals surface area contributed by atoms with E-state index in [0.29, 0.717) is 37.0 Å². The summed E-state index contributed by atoms with van der Waals surface area (Å²) in [6, 6.07) is 7.34. The molecule has 0 bridgehead atoms. The van der Waals surface area contributed by atoms with E-state index >= 15 is 0 Å². The SMILES string of the molecule is Cc1noc(C)c1CN1CCN2C=C(C(=O)Nc3ccc(C(C)C)cc3)OC2=NC1=O. The van der Waals surface area contributed by atoms with Crippen LogP contribution in [0.15, 0.2) is 45.7 Å². The van der Waals surface area contributed by atoms with Crippen molar-refractivity contribution in [3.63, 3.8) is 0 Å². The molecule has 0 saturated heterocycles. The number of benzene rings is 1. The standard InChI is InChI=1S/C22H25N5O4/c1-13(2)16-5-7-17(8-6-16)23-20(28)19-12-27-10-9-26(21(29)24-22(27)30-19)11-18-14(3)25-31-15(18)4/h5-8,12-13H,9-11H2,1-4H3,(H,23,28). The molecule has 0 fully saturated rings.